The highest BCUT2D eigenvalue weighted by atomic mass is 16.5. The number of carbonyl (C=O) groups is 2. The number of hydrogen-bond donors (Lipinski definition) is 2. The molecule has 0 spiro atoms. The van der Waals surface area contributed by atoms with Gasteiger partial charge in [0.2, 0.25) is 0 Å². The van der Waals surface area contributed by atoms with Gasteiger partial charge in [0.15, 0.2) is 11.7 Å². The molecule has 0 amide bonds. The molecule has 0 aliphatic carbocycles. The van der Waals surface area contributed by atoms with E-state index in [1.165, 1.54) is 0 Å². The fourth-order valence-electron chi connectivity index (χ4n) is 1.66. The molecule has 0 aliphatic heterocycles. The summed E-state index contributed by atoms with van der Waals surface area (Å²) < 4.78 is 5.00. The van der Waals surface area contributed by atoms with Gasteiger partial charge in [-0.1, -0.05) is 30.3 Å². The van der Waals surface area contributed by atoms with E-state index >= 15 is 0 Å². The molecule has 0 aromatic heterocycles. The van der Waals surface area contributed by atoms with E-state index in [1.807, 2.05) is 6.07 Å². The Labute approximate surface area is 106 Å². The average Bonchev–Trinajstić information content (AvgIpc) is 2.30. The Morgan fingerprint density at radius 3 is 2.44 bits per heavy atom. The Bertz CT molecular complexity index is 405. The summed E-state index contributed by atoms with van der Waals surface area (Å²) in [6.45, 7) is 1.96. The Morgan fingerprint density at radius 1 is 1.33 bits per heavy atom. The molecule has 0 saturated carbocycles. The van der Waals surface area contributed by atoms with Gasteiger partial charge in [-0.25, -0.2) is 0 Å². The van der Waals surface area contributed by atoms with Crippen molar-refractivity contribution in [2.45, 2.75) is 19.6 Å². The van der Waals surface area contributed by atoms with E-state index in [9.17, 15) is 9.59 Å². The Balaban J connectivity index is 2.75. The lowest BCUT2D eigenvalue weighted by molar-refractivity contribution is -0.152. The summed E-state index contributed by atoms with van der Waals surface area (Å²) in [5.41, 5.74) is 6.32. The molecule has 2 atom stereocenters. The molecular weight excluding hydrogens is 234 g/mol. The minimum Gasteiger partial charge on any atom is -0.481 e. The second-order valence-electron chi connectivity index (χ2n) is 3.86. The molecular formula is C13H17NO4. The van der Waals surface area contributed by atoms with Gasteiger partial charge in [0.25, 0.3) is 0 Å². The van der Waals surface area contributed by atoms with E-state index in [2.05, 4.69) is 0 Å². The smallest absolute Gasteiger partial charge is 0.318 e. The van der Waals surface area contributed by atoms with Crippen LogP contribution in [-0.4, -0.2) is 29.7 Å². The van der Waals surface area contributed by atoms with Crippen molar-refractivity contribution in [3.05, 3.63) is 35.9 Å². The average molecular weight is 251 g/mol. The quantitative estimate of drug-likeness (QED) is 0.553. The molecule has 0 fully saturated rings. The molecule has 98 valence electrons. The Hall–Kier alpha value is -1.72. The van der Waals surface area contributed by atoms with Crippen LogP contribution in [0, 0.1) is 5.92 Å². The van der Waals surface area contributed by atoms with Crippen molar-refractivity contribution in [3.63, 3.8) is 0 Å². The number of carboxylic acids is 1. The van der Waals surface area contributed by atoms with Crippen LogP contribution in [0.2, 0.25) is 0 Å². The maximum absolute atomic E-state index is 11.9. The summed E-state index contributed by atoms with van der Waals surface area (Å²) in [5.74, 6) is -3.03. The molecule has 0 saturated heterocycles. The maximum Gasteiger partial charge on any atom is 0.318 e. The normalized spacial score (nSPS) is 13.9. The number of hydrogen-bond acceptors (Lipinski definition) is 4. The van der Waals surface area contributed by atoms with Crippen LogP contribution >= 0.6 is 0 Å². The van der Waals surface area contributed by atoms with Gasteiger partial charge in [0.05, 0.1) is 0 Å². The van der Waals surface area contributed by atoms with Crippen LogP contribution in [0.15, 0.2) is 30.3 Å². The Kier molecular flexibility index (Phi) is 5.48. The zero-order valence-corrected chi connectivity index (χ0v) is 10.2. The van der Waals surface area contributed by atoms with Crippen LogP contribution in [0.25, 0.3) is 0 Å². The molecule has 0 bridgehead atoms. The van der Waals surface area contributed by atoms with Crippen molar-refractivity contribution in [3.8, 4) is 0 Å². The van der Waals surface area contributed by atoms with Crippen LogP contribution in [0.4, 0.5) is 0 Å². The summed E-state index contributed by atoms with van der Waals surface area (Å²) in [6.07, 6.45) is -1.07. The first-order valence-corrected chi connectivity index (χ1v) is 5.73. The van der Waals surface area contributed by atoms with Crippen LogP contribution in [0.3, 0.4) is 0 Å². The molecule has 5 heteroatoms. The molecule has 0 aliphatic rings. The number of Topliss-reactive ketones (excluding diaryl/α,β-unsaturated/α-hetero) is 1. The van der Waals surface area contributed by atoms with Gasteiger partial charge in [0.1, 0.15) is 6.23 Å². The topological polar surface area (TPSA) is 89.6 Å². The summed E-state index contributed by atoms with van der Waals surface area (Å²) in [5, 5.41) is 9.04. The van der Waals surface area contributed by atoms with Crippen molar-refractivity contribution in [1.82, 2.24) is 0 Å². The van der Waals surface area contributed by atoms with Gasteiger partial charge in [-0.2, -0.15) is 0 Å². The standard InChI is InChI=1S/C13H17NO4/c1-2-18-12(14)11(13(16)17)10(15)8-9-6-4-3-5-7-9/h3-7,11-12H,2,8,14H2,1H3,(H,16,17). The van der Waals surface area contributed by atoms with Crippen molar-refractivity contribution in [1.29, 1.82) is 0 Å². The summed E-state index contributed by atoms with van der Waals surface area (Å²) in [7, 11) is 0. The molecule has 1 rings (SSSR count). The second kappa shape index (κ2) is 6.88. The highest BCUT2D eigenvalue weighted by Gasteiger charge is 2.32. The van der Waals surface area contributed by atoms with Crippen LogP contribution in [0.5, 0.6) is 0 Å². The summed E-state index contributed by atoms with van der Waals surface area (Å²) in [4.78, 5) is 23.0. The molecule has 18 heavy (non-hydrogen) atoms. The van der Waals surface area contributed by atoms with Crippen LogP contribution in [-0.2, 0) is 20.7 Å². The first-order valence-electron chi connectivity index (χ1n) is 5.73. The fraction of sp³-hybridized carbons (Fsp3) is 0.385. The van der Waals surface area contributed by atoms with Crippen molar-refractivity contribution in [2.24, 2.45) is 11.7 Å². The van der Waals surface area contributed by atoms with Gasteiger partial charge >= 0.3 is 5.97 Å². The van der Waals surface area contributed by atoms with E-state index in [0.29, 0.717) is 0 Å². The van der Waals surface area contributed by atoms with Gasteiger partial charge < -0.3 is 15.6 Å². The number of ketones is 1. The van der Waals surface area contributed by atoms with Crippen molar-refractivity contribution < 1.29 is 19.4 Å². The fourth-order valence-corrected chi connectivity index (χ4v) is 1.66. The highest BCUT2D eigenvalue weighted by Crippen LogP contribution is 2.10. The number of benzene rings is 1. The minimum absolute atomic E-state index is 0.0403. The second-order valence-corrected chi connectivity index (χ2v) is 3.86. The number of aliphatic carboxylic acids is 1. The molecule has 1 aromatic rings. The molecule has 2 unspecified atom stereocenters. The minimum atomic E-state index is -1.33. The zero-order chi connectivity index (χ0) is 13.5. The Morgan fingerprint density at radius 2 is 1.94 bits per heavy atom. The van der Waals surface area contributed by atoms with E-state index < -0.39 is 23.9 Å². The van der Waals surface area contributed by atoms with Crippen LogP contribution < -0.4 is 5.73 Å². The maximum atomic E-state index is 11.9. The van der Waals surface area contributed by atoms with E-state index in [1.54, 1.807) is 31.2 Å². The largest absolute Gasteiger partial charge is 0.481 e. The number of carboxylic acid groups (broad SMARTS) is 1. The predicted molar refractivity (Wildman–Crippen MR) is 65.9 cm³/mol. The molecule has 0 heterocycles. The SMILES string of the molecule is CCOC(N)C(C(=O)O)C(=O)Cc1ccccc1. The molecule has 1 aromatic carbocycles. The predicted octanol–water partition coefficient (Wildman–Crippen LogP) is 0.820. The monoisotopic (exact) mass is 251 g/mol. The lowest BCUT2D eigenvalue weighted by atomic mass is 9.96. The number of nitrogens with two attached hydrogens (primary N) is 1. The number of ether oxygens (including phenoxy) is 1. The zero-order valence-electron chi connectivity index (χ0n) is 10.2. The molecule has 0 radical (unpaired) electrons. The van der Waals surface area contributed by atoms with Gasteiger partial charge in [0, 0.05) is 13.0 Å². The van der Waals surface area contributed by atoms with Gasteiger partial charge in [-0.3, -0.25) is 9.59 Å². The lowest BCUT2D eigenvalue weighted by Crippen LogP contribution is -2.43. The van der Waals surface area contributed by atoms with E-state index in [4.69, 9.17) is 15.6 Å². The first-order chi connectivity index (χ1) is 8.56. The van der Waals surface area contributed by atoms with Crippen molar-refractivity contribution >= 4 is 11.8 Å². The highest BCUT2D eigenvalue weighted by molar-refractivity contribution is 5.99. The summed E-state index contributed by atoms with van der Waals surface area (Å²) in [6, 6.07) is 8.95. The molecule has 3 N–H and O–H groups in total. The van der Waals surface area contributed by atoms with E-state index in [-0.39, 0.29) is 13.0 Å². The van der Waals surface area contributed by atoms with Crippen LogP contribution in [0.1, 0.15) is 12.5 Å². The van der Waals surface area contributed by atoms with Gasteiger partial charge in [-0.05, 0) is 12.5 Å². The lowest BCUT2D eigenvalue weighted by Gasteiger charge is -2.18. The third kappa shape index (κ3) is 3.94. The van der Waals surface area contributed by atoms with E-state index in [0.717, 1.165) is 5.56 Å². The van der Waals surface area contributed by atoms with Crippen molar-refractivity contribution in [2.75, 3.05) is 6.61 Å². The third-order valence-corrected chi connectivity index (χ3v) is 2.52. The number of rotatable bonds is 7. The van der Waals surface area contributed by atoms with Gasteiger partial charge in [-0.15, -0.1) is 0 Å². The first kappa shape index (κ1) is 14.3. The number of carbonyl (C=O) groups excluding carboxylic acids is 1. The third-order valence-electron chi connectivity index (χ3n) is 2.52. The summed E-state index contributed by atoms with van der Waals surface area (Å²) >= 11 is 0. The molecule has 5 nitrogen and oxygen atoms in total.